The van der Waals surface area contributed by atoms with E-state index in [0.29, 0.717) is 0 Å². The molecule has 0 aliphatic carbocycles. The lowest BCUT2D eigenvalue weighted by molar-refractivity contribution is 0.181. The van der Waals surface area contributed by atoms with Crippen LogP contribution >= 0.6 is 11.3 Å². The zero-order valence-corrected chi connectivity index (χ0v) is 20.9. The van der Waals surface area contributed by atoms with Gasteiger partial charge in [0.15, 0.2) is 0 Å². The number of benzene rings is 3. The Labute approximate surface area is 208 Å². The molecule has 3 heteroatoms. The molecule has 0 spiro atoms. The van der Waals surface area contributed by atoms with Crippen LogP contribution in [-0.2, 0) is 6.54 Å². The average Bonchev–Trinajstić information content (AvgIpc) is 3.61. The molecule has 176 valence electrons. The van der Waals surface area contributed by atoms with Crippen molar-refractivity contribution in [1.29, 1.82) is 0 Å². The predicted octanol–water partition coefficient (Wildman–Crippen LogP) is 7.29. The second-order valence-corrected chi connectivity index (χ2v) is 10.6. The van der Waals surface area contributed by atoms with Crippen molar-refractivity contribution in [2.75, 3.05) is 32.7 Å². The van der Waals surface area contributed by atoms with E-state index in [9.17, 15) is 0 Å². The first-order valence-corrected chi connectivity index (χ1v) is 13.7. The van der Waals surface area contributed by atoms with Gasteiger partial charge in [-0.2, -0.15) is 11.3 Å². The lowest BCUT2D eigenvalue weighted by Crippen LogP contribution is -2.37. The van der Waals surface area contributed by atoms with Gasteiger partial charge in [-0.1, -0.05) is 84.9 Å². The Morgan fingerprint density at radius 3 is 2.15 bits per heavy atom. The molecule has 2 nitrogen and oxygen atoms in total. The number of hydrogen-bond donors (Lipinski definition) is 0. The Balaban J connectivity index is 0.000000429. The van der Waals surface area contributed by atoms with E-state index in [-0.39, 0.29) is 0 Å². The van der Waals surface area contributed by atoms with Crippen molar-refractivity contribution in [1.82, 2.24) is 9.80 Å². The molecular weight excluding hydrogens is 432 g/mol. The zero-order chi connectivity index (χ0) is 23.0. The van der Waals surface area contributed by atoms with Crippen LogP contribution in [0.5, 0.6) is 0 Å². The molecule has 1 unspecified atom stereocenters. The average molecular weight is 469 g/mol. The third kappa shape index (κ3) is 6.15. The number of rotatable bonds is 5. The first-order valence-electron chi connectivity index (χ1n) is 12.8. The summed E-state index contributed by atoms with van der Waals surface area (Å²) >= 11 is 1.71. The van der Waals surface area contributed by atoms with Gasteiger partial charge in [-0.25, -0.2) is 0 Å². The monoisotopic (exact) mass is 468 g/mol. The molecule has 2 aliphatic heterocycles. The van der Waals surface area contributed by atoms with Crippen molar-refractivity contribution in [3.63, 3.8) is 0 Å². The topological polar surface area (TPSA) is 6.48 Å². The first-order chi connectivity index (χ1) is 16.8. The van der Waals surface area contributed by atoms with Crippen LogP contribution in [-0.4, -0.2) is 42.5 Å². The van der Waals surface area contributed by atoms with E-state index in [1.165, 1.54) is 73.9 Å². The maximum Gasteiger partial charge on any atom is 0.0240 e. The van der Waals surface area contributed by atoms with Gasteiger partial charge in [0, 0.05) is 19.6 Å². The molecule has 2 aliphatic rings. The summed E-state index contributed by atoms with van der Waals surface area (Å²) in [4.78, 5) is 5.40. The maximum atomic E-state index is 2.73. The molecule has 0 bridgehead atoms. The van der Waals surface area contributed by atoms with Crippen molar-refractivity contribution < 1.29 is 0 Å². The van der Waals surface area contributed by atoms with E-state index in [4.69, 9.17) is 0 Å². The summed E-state index contributed by atoms with van der Waals surface area (Å²) in [6.45, 7) is 7.40. The van der Waals surface area contributed by atoms with Crippen molar-refractivity contribution in [2.45, 2.75) is 31.7 Å². The molecule has 34 heavy (non-hydrogen) atoms. The molecule has 1 aromatic heterocycles. The van der Waals surface area contributed by atoms with E-state index in [0.717, 1.165) is 18.4 Å². The van der Waals surface area contributed by atoms with Crippen LogP contribution in [0.15, 0.2) is 95.7 Å². The minimum Gasteiger partial charge on any atom is -0.303 e. The summed E-state index contributed by atoms with van der Waals surface area (Å²) in [5, 5.41) is 6.86. The van der Waals surface area contributed by atoms with E-state index in [1.807, 2.05) is 22.9 Å². The Bertz CT molecular complexity index is 1090. The van der Waals surface area contributed by atoms with Crippen molar-refractivity contribution in [3.05, 3.63) is 107 Å². The summed E-state index contributed by atoms with van der Waals surface area (Å²) in [6.07, 6.45) is 3.98. The number of piperidine rings is 1. The third-order valence-electron chi connectivity index (χ3n) is 7.44. The van der Waals surface area contributed by atoms with Gasteiger partial charge in [0.1, 0.15) is 0 Å². The molecule has 0 saturated carbocycles. The normalized spacial score (nSPS) is 19.7. The number of thiophene rings is 1. The Morgan fingerprint density at radius 2 is 1.38 bits per heavy atom. The number of hydrogen-bond acceptors (Lipinski definition) is 3. The summed E-state index contributed by atoms with van der Waals surface area (Å²) in [5.74, 6) is 1.59. The minimum absolute atomic E-state index is 0.763. The predicted molar refractivity (Wildman–Crippen MR) is 147 cm³/mol. The lowest BCUT2D eigenvalue weighted by Gasteiger charge is -2.33. The fraction of sp³-hybridized carbons (Fsp3) is 0.355. The molecule has 3 aromatic carbocycles. The quantitative estimate of drug-likeness (QED) is 0.303. The molecule has 0 amide bonds. The summed E-state index contributed by atoms with van der Waals surface area (Å²) in [5.41, 5.74) is 3.02. The van der Waals surface area contributed by atoms with Gasteiger partial charge in [-0.3, -0.25) is 4.90 Å². The fourth-order valence-electron chi connectivity index (χ4n) is 5.64. The van der Waals surface area contributed by atoms with Crippen LogP contribution in [0.3, 0.4) is 0 Å². The van der Waals surface area contributed by atoms with Gasteiger partial charge in [0.05, 0.1) is 0 Å². The van der Waals surface area contributed by atoms with Gasteiger partial charge in [-0.05, 0) is 83.4 Å². The van der Waals surface area contributed by atoms with Crippen molar-refractivity contribution in [3.8, 4) is 0 Å². The molecule has 0 N–H and O–H groups in total. The highest BCUT2D eigenvalue weighted by molar-refractivity contribution is 7.07. The van der Waals surface area contributed by atoms with Gasteiger partial charge in [0.2, 0.25) is 0 Å². The Hall–Kier alpha value is -2.46. The van der Waals surface area contributed by atoms with Gasteiger partial charge in [-0.15, -0.1) is 0 Å². The Kier molecular flexibility index (Phi) is 8.08. The number of nitrogens with zero attached hydrogens (tertiary/aromatic N) is 2. The van der Waals surface area contributed by atoms with Crippen LogP contribution in [0.2, 0.25) is 0 Å². The largest absolute Gasteiger partial charge is 0.303 e. The highest BCUT2D eigenvalue weighted by Gasteiger charge is 2.27. The van der Waals surface area contributed by atoms with E-state index >= 15 is 0 Å². The Morgan fingerprint density at radius 1 is 0.676 bits per heavy atom. The molecule has 0 radical (unpaired) electrons. The first kappa shape index (κ1) is 23.3. The molecule has 6 rings (SSSR count). The van der Waals surface area contributed by atoms with Gasteiger partial charge in [0.25, 0.3) is 0 Å². The number of fused-ring (bicyclic) bond motifs is 1. The molecule has 2 saturated heterocycles. The SMILES string of the molecule is c1ccc(C2CCN(CC3CCN(Cc4cccc5ccccc45)C3)CC2)cc1.c1ccsc1. The summed E-state index contributed by atoms with van der Waals surface area (Å²) in [7, 11) is 0. The molecule has 2 fully saturated rings. The highest BCUT2D eigenvalue weighted by atomic mass is 32.1. The number of likely N-dealkylation sites (tertiary alicyclic amines) is 2. The molecule has 3 heterocycles. The molecule has 4 aromatic rings. The fourth-order valence-corrected chi connectivity index (χ4v) is 6.10. The summed E-state index contributed by atoms with van der Waals surface area (Å²) < 4.78 is 0. The van der Waals surface area contributed by atoms with Crippen LogP contribution < -0.4 is 0 Å². The molecule has 1 atom stereocenters. The zero-order valence-electron chi connectivity index (χ0n) is 20.1. The van der Waals surface area contributed by atoms with E-state index in [2.05, 4.69) is 82.6 Å². The molecular formula is C31H36N2S. The second-order valence-electron chi connectivity index (χ2n) is 9.81. The lowest BCUT2D eigenvalue weighted by atomic mass is 9.89. The van der Waals surface area contributed by atoms with Crippen LogP contribution in [0.1, 0.15) is 36.3 Å². The van der Waals surface area contributed by atoms with Crippen LogP contribution in [0, 0.1) is 5.92 Å². The third-order valence-corrected chi connectivity index (χ3v) is 8.07. The smallest absolute Gasteiger partial charge is 0.0240 e. The van der Waals surface area contributed by atoms with Crippen LogP contribution in [0.25, 0.3) is 10.8 Å². The summed E-state index contributed by atoms with van der Waals surface area (Å²) in [6, 6.07) is 30.7. The highest BCUT2D eigenvalue weighted by Crippen LogP contribution is 2.29. The van der Waals surface area contributed by atoms with Crippen LogP contribution in [0.4, 0.5) is 0 Å². The maximum absolute atomic E-state index is 2.73. The van der Waals surface area contributed by atoms with Crippen molar-refractivity contribution in [2.24, 2.45) is 5.92 Å². The minimum atomic E-state index is 0.763. The van der Waals surface area contributed by atoms with E-state index < -0.39 is 0 Å². The van der Waals surface area contributed by atoms with Gasteiger partial charge < -0.3 is 4.90 Å². The second kappa shape index (κ2) is 11.8. The van der Waals surface area contributed by atoms with Crippen molar-refractivity contribution >= 4 is 22.1 Å². The van der Waals surface area contributed by atoms with Gasteiger partial charge >= 0.3 is 0 Å². The standard InChI is InChI=1S/C27H32N2.C4H4S/c1-2-7-23(8-3-1)24-14-17-28(18-15-24)19-22-13-16-29(20-22)21-26-11-6-10-25-9-4-5-12-27(25)26;1-2-4-5-3-1/h1-12,22,24H,13-21H2;1-4H. The van der Waals surface area contributed by atoms with E-state index in [1.54, 1.807) is 11.3 Å².